The van der Waals surface area contributed by atoms with Crippen molar-refractivity contribution in [2.24, 2.45) is 0 Å². The lowest BCUT2D eigenvalue weighted by atomic mass is 9.96. The fraction of sp³-hybridized carbons (Fsp3) is 0.344. The molecule has 1 heterocycles. The van der Waals surface area contributed by atoms with Gasteiger partial charge in [0.1, 0.15) is 11.6 Å². The van der Waals surface area contributed by atoms with Crippen molar-refractivity contribution in [3.05, 3.63) is 95.1 Å². The summed E-state index contributed by atoms with van der Waals surface area (Å²) < 4.78 is 26.6. The lowest BCUT2D eigenvalue weighted by Crippen LogP contribution is -2.54. The average molecular weight is 576 g/mol. The predicted octanol–water partition coefficient (Wildman–Crippen LogP) is 5.31. The molecule has 0 aromatic heterocycles. The Morgan fingerprint density at radius 3 is 2.07 bits per heavy atom. The van der Waals surface area contributed by atoms with Gasteiger partial charge in [-0.1, -0.05) is 31.4 Å². The van der Waals surface area contributed by atoms with E-state index in [0.29, 0.717) is 43.1 Å². The van der Waals surface area contributed by atoms with Gasteiger partial charge >= 0.3 is 6.03 Å². The van der Waals surface area contributed by atoms with E-state index < -0.39 is 11.7 Å². The van der Waals surface area contributed by atoms with Gasteiger partial charge in [0, 0.05) is 55.7 Å². The molecule has 0 spiro atoms. The zero-order chi connectivity index (χ0) is 29.5. The number of rotatable bonds is 7. The van der Waals surface area contributed by atoms with Crippen LogP contribution >= 0.6 is 0 Å². The van der Waals surface area contributed by atoms with E-state index in [1.807, 2.05) is 4.90 Å². The molecule has 220 valence electrons. The third kappa shape index (κ3) is 7.43. The number of nitrogens with one attached hydrogen (secondary N) is 3. The maximum Gasteiger partial charge on any atom is 0.317 e. The molecule has 2 fully saturated rings. The monoisotopic (exact) mass is 575 g/mol. The van der Waals surface area contributed by atoms with Crippen molar-refractivity contribution in [1.29, 1.82) is 0 Å². The summed E-state index contributed by atoms with van der Waals surface area (Å²) in [5, 5.41) is 8.84. The van der Waals surface area contributed by atoms with E-state index in [4.69, 9.17) is 0 Å². The van der Waals surface area contributed by atoms with Crippen LogP contribution in [0.15, 0.2) is 66.7 Å². The zero-order valence-electron chi connectivity index (χ0n) is 23.4. The van der Waals surface area contributed by atoms with Gasteiger partial charge in [-0.3, -0.25) is 9.59 Å². The molecule has 42 heavy (non-hydrogen) atoms. The number of carbonyl (C=O) groups excluding carboxylic acids is 3. The van der Waals surface area contributed by atoms with Crippen LogP contribution in [0.1, 0.15) is 58.4 Å². The van der Waals surface area contributed by atoms with Crippen LogP contribution in [0.5, 0.6) is 0 Å². The molecule has 0 radical (unpaired) electrons. The molecule has 0 bridgehead atoms. The first-order valence-corrected chi connectivity index (χ1v) is 14.4. The summed E-state index contributed by atoms with van der Waals surface area (Å²) in [5.41, 5.74) is 2.47. The Labute approximate surface area is 244 Å². The summed E-state index contributed by atoms with van der Waals surface area (Å²) in [7, 11) is 0. The van der Waals surface area contributed by atoms with Crippen LogP contribution in [-0.2, 0) is 6.54 Å². The normalized spacial score (nSPS) is 15.7. The summed E-state index contributed by atoms with van der Waals surface area (Å²) in [6.45, 7) is 2.30. The molecule has 3 aromatic rings. The molecule has 2 aliphatic rings. The van der Waals surface area contributed by atoms with Crippen LogP contribution < -0.4 is 20.9 Å². The largest absolute Gasteiger partial charge is 0.367 e. The first-order valence-electron chi connectivity index (χ1n) is 14.4. The highest BCUT2D eigenvalue weighted by atomic mass is 19.1. The fourth-order valence-corrected chi connectivity index (χ4v) is 5.42. The van der Waals surface area contributed by atoms with Gasteiger partial charge in [-0.2, -0.15) is 0 Å². The Hall–Kier alpha value is -4.47. The quantitative estimate of drug-likeness (QED) is 0.356. The van der Waals surface area contributed by atoms with E-state index >= 15 is 0 Å². The molecule has 1 saturated carbocycles. The van der Waals surface area contributed by atoms with Crippen LogP contribution in [0.4, 0.5) is 25.0 Å². The van der Waals surface area contributed by atoms with Crippen LogP contribution in [0.2, 0.25) is 0 Å². The lowest BCUT2D eigenvalue weighted by molar-refractivity contribution is 0.0949. The second-order valence-corrected chi connectivity index (χ2v) is 10.8. The van der Waals surface area contributed by atoms with Crippen molar-refractivity contribution in [1.82, 2.24) is 15.5 Å². The van der Waals surface area contributed by atoms with Crippen LogP contribution in [0.25, 0.3) is 0 Å². The Kier molecular flexibility index (Phi) is 9.31. The Balaban J connectivity index is 1.29. The number of halogens is 2. The predicted molar refractivity (Wildman–Crippen MR) is 158 cm³/mol. The molecule has 0 atom stereocenters. The Morgan fingerprint density at radius 2 is 1.40 bits per heavy atom. The van der Waals surface area contributed by atoms with E-state index in [2.05, 4.69) is 20.9 Å². The number of anilines is 2. The van der Waals surface area contributed by atoms with Crippen LogP contribution in [-0.4, -0.2) is 55.0 Å². The molecule has 3 N–H and O–H groups in total. The third-order valence-corrected chi connectivity index (χ3v) is 7.81. The van der Waals surface area contributed by atoms with Crippen molar-refractivity contribution in [2.45, 2.75) is 44.7 Å². The van der Waals surface area contributed by atoms with Crippen LogP contribution in [0, 0.1) is 11.6 Å². The van der Waals surface area contributed by atoms with Gasteiger partial charge in [-0.25, -0.2) is 13.6 Å². The standard InChI is InChI=1S/C32H35F2N5O3/c33-24-10-6-22(7-11-24)21-35-31(41)28-20-27(36-30(40)23-8-12-25(34)13-9-23)14-15-29(28)38-16-18-39(19-17-38)32(42)37-26-4-2-1-3-5-26/h6-15,20,26H,1-5,16-19,21H2,(H,35,41)(H,36,40)(H,37,42). The van der Waals surface area contributed by atoms with Crippen molar-refractivity contribution in [3.8, 4) is 0 Å². The fourth-order valence-electron chi connectivity index (χ4n) is 5.42. The number of carbonyl (C=O) groups is 3. The number of nitrogens with zero attached hydrogens (tertiary/aromatic N) is 2. The molecule has 4 amide bonds. The number of hydrogen-bond acceptors (Lipinski definition) is 4. The van der Waals surface area contributed by atoms with Gasteiger partial charge in [0.15, 0.2) is 0 Å². The van der Waals surface area contributed by atoms with Crippen LogP contribution in [0.3, 0.4) is 0 Å². The van der Waals surface area contributed by atoms with Gasteiger partial charge < -0.3 is 25.8 Å². The summed E-state index contributed by atoms with van der Waals surface area (Å²) >= 11 is 0. The highest BCUT2D eigenvalue weighted by molar-refractivity contribution is 6.06. The molecule has 5 rings (SSSR count). The SMILES string of the molecule is O=C(Nc1ccc(N2CCN(C(=O)NC3CCCCC3)CC2)c(C(=O)NCc2ccc(F)cc2)c1)c1ccc(F)cc1. The van der Waals surface area contributed by atoms with Gasteiger partial charge in [0.05, 0.1) is 5.56 Å². The Morgan fingerprint density at radius 1 is 0.762 bits per heavy atom. The van der Waals surface area contributed by atoms with Crippen molar-refractivity contribution >= 4 is 29.2 Å². The van der Waals surface area contributed by atoms with Gasteiger partial charge in [-0.05, 0) is 73.0 Å². The minimum Gasteiger partial charge on any atom is -0.367 e. The number of urea groups is 1. The smallest absolute Gasteiger partial charge is 0.317 e. The molecule has 1 aliphatic heterocycles. The molecule has 10 heteroatoms. The van der Waals surface area contributed by atoms with E-state index in [0.717, 1.165) is 31.2 Å². The zero-order valence-corrected chi connectivity index (χ0v) is 23.4. The molecule has 1 saturated heterocycles. The molecule has 1 aliphatic carbocycles. The van der Waals surface area contributed by atoms with E-state index in [-0.39, 0.29) is 35.9 Å². The highest BCUT2D eigenvalue weighted by Gasteiger charge is 2.26. The molecular weight excluding hydrogens is 540 g/mol. The first-order chi connectivity index (χ1) is 20.4. The highest BCUT2D eigenvalue weighted by Crippen LogP contribution is 2.27. The van der Waals surface area contributed by atoms with E-state index in [9.17, 15) is 23.2 Å². The van der Waals surface area contributed by atoms with E-state index in [1.54, 1.807) is 30.3 Å². The first kappa shape index (κ1) is 29.0. The molecular formula is C32H35F2N5O3. The third-order valence-electron chi connectivity index (χ3n) is 7.81. The summed E-state index contributed by atoms with van der Waals surface area (Å²) in [6.07, 6.45) is 5.55. The minimum atomic E-state index is -0.442. The maximum atomic E-state index is 13.4. The van der Waals surface area contributed by atoms with Crippen molar-refractivity contribution < 1.29 is 23.2 Å². The van der Waals surface area contributed by atoms with Crippen molar-refractivity contribution in [3.63, 3.8) is 0 Å². The maximum absolute atomic E-state index is 13.4. The second kappa shape index (κ2) is 13.5. The van der Waals surface area contributed by atoms with Gasteiger partial charge in [0.25, 0.3) is 11.8 Å². The number of benzene rings is 3. The van der Waals surface area contributed by atoms with Crippen molar-refractivity contribution in [2.75, 3.05) is 36.4 Å². The number of hydrogen-bond donors (Lipinski definition) is 3. The van der Waals surface area contributed by atoms with Gasteiger partial charge in [0.2, 0.25) is 0 Å². The topological polar surface area (TPSA) is 93.8 Å². The molecule has 3 aromatic carbocycles. The minimum absolute atomic E-state index is 0.0438. The summed E-state index contributed by atoms with van der Waals surface area (Å²) in [4.78, 5) is 42.9. The number of amides is 4. The average Bonchev–Trinajstić information content (AvgIpc) is 3.01. The summed E-state index contributed by atoms with van der Waals surface area (Å²) in [6, 6.07) is 16.4. The lowest BCUT2D eigenvalue weighted by Gasteiger charge is -2.37. The van der Waals surface area contributed by atoms with E-state index in [1.165, 1.54) is 42.8 Å². The second-order valence-electron chi connectivity index (χ2n) is 10.8. The molecule has 8 nitrogen and oxygen atoms in total. The number of piperazine rings is 1. The summed E-state index contributed by atoms with van der Waals surface area (Å²) in [5.74, 6) is -1.59. The molecule has 0 unspecified atom stereocenters. The van der Waals surface area contributed by atoms with Gasteiger partial charge in [-0.15, -0.1) is 0 Å². The Bertz CT molecular complexity index is 1400.